The molecule has 0 aliphatic carbocycles. The molecule has 1 aromatic heterocycles. The number of urea groups is 1. The Balaban J connectivity index is 1.62. The number of carbonyl (C=O) groups excluding carboxylic acids is 2. The summed E-state index contributed by atoms with van der Waals surface area (Å²) in [6, 6.07) is 7.39. The molecule has 0 unspecified atom stereocenters. The van der Waals surface area contributed by atoms with Crippen LogP contribution in [0.1, 0.15) is 48.7 Å². The normalized spacial score (nSPS) is 15.5. The number of nitrogens with zero attached hydrogens (tertiary/aromatic N) is 2. The summed E-state index contributed by atoms with van der Waals surface area (Å²) < 4.78 is 9.88. The molecular formula is C21H28N4O4. The number of fused-ring (bicyclic) bond motifs is 1. The average molecular weight is 400 g/mol. The van der Waals surface area contributed by atoms with Crippen molar-refractivity contribution < 1.29 is 19.1 Å². The lowest BCUT2D eigenvalue weighted by molar-refractivity contribution is -0.140. The molecule has 2 amide bonds. The van der Waals surface area contributed by atoms with Crippen LogP contribution in [0, 0.1) is 0 Å². The molecule has 0 saturated heterocycles. The van der Waals surface area contributed by atoms with E-state index in [1.807, 2.05) is 29.2 Å². The van der Waals surface area contributed by atoms with E-state index in [0.29, 0.717) is 19.5 Å². The van der Waals surface area contributed by atoms with Gasteiger partial charge in [-0.1, -0.05) is 18.6 Å². The number of benzene rings is 1. The summed E-state index contributed by atoms with van der Waals surface area (Å²) in [7, 11) is 3.03. The van der Waals surface area contributed by atoms with Crippen molar-refractivity contribution in [2.24, 2.45) is 0 Å². The fourth-order valence-corrected chi connectivity index (χ4v) is 3.59. The van der Waals surface area contributed by atoms with Crippen LogP contribution in [0.3, 0.4) is 0 Å². The van der Waals surface area contributed by atoms with Crippen molar-refractivity contribution in [1.82, 2.24) is 20.2 Å². The minimum absolute atomic E-state index is 0.104. The van der Waals surface area contributed by atoms with Gasteiger partial charge in [0.25, 0.3) is 0 Å². The number of hydrogen-bond acceptors (Lipinski definition) is 5. The lowest BCUT2D eigenvalue weighted by Crippen LogP contribution is -2.46. The summed E-state index contributed by atoms with van der Waals surface area (Å²) in [5, 5.41) is 3.01. The van der Waals surface area contributed by atoms with E-state index in [1.54, 1.807) is 13.4 Å². The van der Waals surface area contributed by atoms with E-state index in [9.17, 15) is 9.59 Å². The quantitative estimate of drug-likeness (QED) is 0.525. The van der Waals surface area contributed by atoms with E-state index < -0.39 is 0 Å². The van der Waals surface area contributed by atoms with Crippen LogP contribution in [0.2, 0.25) is 0 Å². The number of aromatic nitrogens is 2. The molecule has 1 aliphatic rings. The summed E-state index contributed by atoms with van der Waals surface area (Å²) in [5.41, 5.74) is 2.94. The summed E-state index contributed by atoms with van der Waals surface area (Å²) in [6.45, 7) is 1.18. The largest absolute Gasteiger partial charge is 0.497 e. The first-order chi connectivity index (χ1) is 14.1. The van der Waals surface area contributed by atoms with E-state index >= 15 is 0 Å². The molecule has 29 heavy (non-hydrogen) atoms. The molecule has 0 radical (unpaired) electrons. The van der Waals surface area contributed by atoms with Crippen molar-refractivity contribution in [2.45, 2.75) is 38.1 Å². The second-order valence-corrected chi connectivity index (χ2v) is 7.00. The summed E-state index contributed by atoms with van der Waals surface area (Å²) in [6.07, 6.45) is 5.28. The van der Waals surface area contributed by atoms with Crippen LogP contribution in [0.25, 0.3) is 0 Å². The van der Waals surface area contributed by atoms with Gasteiger partial charge >= 0.3 is 12.0 Å². The molecule has 156 valence electrons. The minimum atomic E-state index is -0.241. The Morgan fingerprint density at radius 2 is 2.00 bits per heavy atom. The Morgan fingerprint density at radius 3 is 2.72 bits per heavy atom. The van der Waals surface area contributed by atoms with Crippen molar-refractivity contribution >= 4 is 12.0 Å². The number of methoxy groups -OCH3 is 2. The van der Waals surface area contributed by atoms with E-state index in [2.05, 4.69) is 20.0 Å². The van der Waals surface area contributed by atoms with Crippen molar-refractivity contribution in [3.63, 3.8) is 0 Å². The van der Waals surface area contributed by atoms with Gasteiger partial charge in [-0.05, 0) is 30.5 Å². The van der Waals surface area contributed by atoms with Crippen molar-refractivity contribution in [2.75, 3.05) is 27.3 Å². The van der Waals surface area contributed by atoms with Crippen LogP contribution >= 0.6 is 0 Å². The van der Waals surface area contributed by atoms with Gasteiger partial charge in [-0.3, -0.25) is 4.79 Å². The number of H-pyrrole nitrogens is 1. The third-order valence-corrected chi connectivity index (χ3v) is 5.18. The average Bonchev–Trinajstić information content (AvgIpc) is 3.24. The lowest BCUT2D eigenvalue weighted by Gasteiger charge is -2.35. The molecular weight excluding hydrogens is 372 g/mol. The number of unbranched alkanes of at least 4 members (excludes halogenated alkanes) is 2. The van der Waals surface area contributed by atoms with Crippen molar-refractivity contribution in [3.05, 3.63) is 47.5 Å². The highest BCUT2D eigenvalue weighted by molar-refractivity contribution is 5.75. The van der Waals surface area contributed by atoms with Gasteiger partial charge in [0.05, 0.1) is 26.2 Å². The van der Waals surface area contributed by atoms with Gasteiger partial charge < -0.3 is 24.7 Å². The number of nitrogens with one attached hydrogen (secondary N) is 2. The first-order valence-corrected chi connectivity index (χ1v) is 9.91. The zero-order valence-corrected chi connectivity index (χ0v) is 16.9. The Bertz CT molecular complexity index is 818. The van der Waals surface area contributed by atoms with Gasteiger partial charge in [0.15, 0.2) is 0 Å². The molecule has 0 fully saturated rings. The summed E-state index contributed by atoms with van der Waals surface area (Å²) in [4.78, 5) is 33.5. The lowest BCUT2D eigenvalue weighted by atomic mass is 9.96. The van der Waals surface area contributed by atoms with Crippen molar-refractivity contribution in [3.8, 4) is 5.75 Å². The number of ether oxygens (including phenoxy) is 2. The molecule has 0 saturated carbocycles. The molecule has 1 atom stereocenters. The highest BCUT2D eigenvalue weighted by atomic mass is 16.5. The molecule has 1 aliphatic heterocycles. The van der Waals surface area contributed by atoms with Gasteiger partial charge in [-0.15, -0.1) is 0 Å². The number of imidazole rings is 1. The molecule has 0 spiro atoms. The van der Waals surface area contributed by atoms with Crippen LogP contribution in [-0.2, 0) is 16.0 Å². The molecule has 2 N–H and O–H groups in total. The number of carbonyl (C=O) groups is 2. The topological polar surface area (TPSA) is 96.6 Å². The molecule has 0 bridgehead atoms. The van der Waals surface area contributed by atoms with Gasteiger partial charge in [-0.2, -0.15) is 0 Å². The maximum atomic E-state index is 12.9. The Morgan fingerprint density at radius 1 is 1.21 bits per heavy atom. The fraction of sp³-hybridized carbons (Fsp3) is 0.476. The highest BCUT2D eigenvalue weighted by Crippen LogP contribution is 2.34. The number of rotatable bonds is 8. The molecule has 1 aromatic carbocycles. The summed E-state index contributed by atoms with van der Waals surface area (Å²) >= 11 is 0. The zero-order valence-electron chi connectivity index (χ0n) is 16.9. The number of hydrogen-bond donors (Lipinski definition) is 2. The van der Waals surface area contributed by atoms with Crippen LogP contribution in [0.5, 0.6) is 5.75 Å². The first-order valence-electron chi connectivity index (χ1n) is 9.91. The minimum Gasteiger partial charge on any atom is -0.497 e. The van der Waals surface area contributed by atoms with E-state index in [-0.39, 0.29) is 18.0 Å². The van der Waals surface area contributed by atoms with Crippen molar-refractivity contribution in [1.29, 1.82) is 0 Å². The third-order valence-electron chi connectivity index (χ3n) is 5.18. The zero-order chi connectivity index (χ0) is 20.6. The SMILES string of the molecule is COC(=O)CCCCCNC(=O)N1CCc2[nH]cnc2[C@H]1c1ccc(OC)cc1. The van der Waals surface area contributed by atoms with Gasteiger partial charge in [-0.25, -0.2) is 9.78 Å². The van der Waals surface area contributed by atoms with Gasteiger partial charge in [0.1, 0.15) is 11.8 Å². The number of esters is 1. The van der Waals surface area contributed by atoms with Crippen LogP contribution in [0.15, 0.2) is 30.6 Å². The highest BCUT2D eigenvalue weighted by Gasteiger charge is 2.33. The Hall–Kier alpha value is -3.03. The maximum Gasteiger partial charge on any atom is 0.318 e. The molecule has 8 nitrogen and oxygen atoms in total. The number of amides is 2. The van der Waals surface area contributed by atoms with E-state index in [1.165, 1.54) is 7.11 Å². The molecule has 2 heterocycles. The smallest absolute Gasteiger partial charge is 0.318 e. The molecule has 3 rings (SSSR count). The maximum absolute atomic E-state index is 12.9. The van der Waals surface area contributed by atoms with Crippen LogP contribution in [0.4, 0.5) is 4.79 Å². The second-order valence-electron chi connectivity index (χ2n) is 7.00. The number of aromatic amines is 1. The second kappa shape index (κ2) is 9.95. The predicted molar refractivity (Wildman–Crippen MR) is 108 cm³/mol. The molecule has 2 aromatic rings. The van der Waals surface area contributed by atoms with Crippen LogP contribution < -0.4 is 10.1 Å². The summed E-state index contributed by atoms with van der Waals surface area (Å²) in [5.74, 6) is 0.578. The van der Waals surface area contributed by atoms with E-state index in [0.717, 1.165) is 48.4 Å². The van der Waals surface area contributed by atoms with Gasteiger partial charge in [0, 0.05) is 31.6 Å². The molecule has 8 heteroatoms. The standard InChI is InChI=1S/C21H28N4O4/c1-28-16-9-7-15(8-10-16)20-19-17(23-14-24-19)11-13-25(20)21(27)22-12-5-3-4-6-18(26)29-2/h7-10,14,20H,3-6,11-13H2,1-2H3,(H,22,27)(H,23,24)/t20-/m1/s1. The third kappa shape index (κ3) is 5.07. The monoisotopic (exact) mass is 400 g/mol. The first kappa shape index (κ1) is 20.7. The van der Waals surface area contributed by atoms with Crippen LogP contribution in [-0.4, -0.2) is 54.2 Å². The predicted octanol–water partition coefficient (Wildman–Crippen LogP) is 2.81. The fourth-order valence-electron chi connectivity index (χ4n) is 3.59. The van der Waals surface area contributed by atoms with E-state index in [4.69, 9.17) is 4.74 Å². The Kier molecular flexibility index (Phi) is 7.10. The Labute approximate surface area is 170 Å². The van der Waals surface area contributed by atoms with Gasteiger partial charge in [0.2, 0.25) is 0 Å².